The summed E-state index contributed by atoms with van der Waals surface area (Å²) in [6.07, 6.45) is -0.323. The van der Waals surface area contributed by atoms with E-state index in [1.165, 1.54) is 12.1 Å². The fourth-order valence-corrected chi connectivity index (χ4v) is 6.09. The van der Waals surface area contributed by atoms with Gasteiger partial charge in [-0.05, 0) is 122 Å². The van der Waals surface area contributed by atoms with Gasteiger partial charge in [0, 0.05) is 25.9 Å². The van der Waals surface area contributed by atoms with Crippen LogP contribution in [0.25, 0.3) is 0 Å². The van der Waals surface area contributed by atoms with Crippen LogP contribution in [0.5, 0.6) is 5.75 Å². The molecule has 0 saturated carbocycles. The smallest absolute Gasteiger partial charge is 0.408 e. The van der Waals surface area contributed by atoms with Gasteiger partial charge in [-0.2, -0.15) is 0 Å². The summed E-state index contributed by atoms with van der Waals surface area (Å²) < 4.78 is 10.7. The number of primary amides is 1. The Hall–Kier alpha value is -6.07. The Labute approximate surface area is 352 Å². The Morgan fingerprint density at radius 1 is 0.650 bits per heavy atom. The Morgan fingerprint density at radius 2 is 1.13 bits per heavy atom. The molecule has 60 heavy (non-hydrogen) atoms. The number of rotatable bonds is 21. The first-order valence-electron chi connectivity index (χ1n) is 20.0. The molecule has 0 aromatic heterocycles. The predicted molar refractivity (Wildman–Crippen MR) is 227 cm³/mol. The van der Waals surface area contributed by atoms with E-state index < -0.39 is 71.2 Å². The highest BCUT2D eigenvalue weighted by Crippen LogP contribution is 2.22. The molecule has 12 N–H and O–H groups in total. The summed E-state index contributed by atoms with van der Waals surface area (Å²) in [7, 11) is 0. The Bertz CT molecular complexity index is 1770. The van der Waals surface area contributed by atoms with Gasteiger partial charge in [-0.1, -0.05) is 30.3 Å². The van der Waals surface area contributed by atoms with Crippen molar-refractivity contribution in [1.29, 1.82) is 5.41 Å². The molecule has 0 bridgehead atoms. The number of hydrogen-bond acceptors (Lipinski definition) is 10. The van der Waals surface area contributed by atoms with E-state index in [9.17, 15) is 33.9 Å². The normalized spacial score (nSPS) is 13.3. The topological polar surface area (TPSA) is 289 Å². The minimum Gasteiger partial charge on any atom is -0.508 e. The van der Waals surface area contributed by atoms with Crippen molar-refractivity contribution < 1.29 is 43.3 Å². The third-order valence-electron chi connectivity index (χ3n) is 8.88. The molecule has 6 amide bonds. The molecule has 0 aliphatic rings. The highest BCUT2D eigenvalue weighted by Gasteiger charge is 2.32. The van der Waals surface area contributed by atoms with Crippen LogP contribution in [0.3, 0.4) is 0 Å². The highest BCUT2D eigenvalue weighted by atomic mass is 16.6. The van der Waals surface area contributed by atoms with Gasteiger partial charge < -0.3 is 57.9 Å². The first-order valence-corrected chi connectivity index (χ1v) is 20.0. The van der Waals surface area contributed by atoms with Crippen LogP contribution in [0.4, 0.5) is 9.59 Å². The maximum atomic E-state index is 14.4. The van der Waals surface area contributed by atoms with Gasteiger partial charge in [0.05, 0.1) is 0 Å². The molecule has 332 valence electrons. The molecule has 2 aromatic carbocycles. The molecule has 4 atom stereocenters. The molecule has 0 radical (unpaired) electrons. The van der Waals surface area contributed by atoms with Gasteiger partial charge in [0.2, 0.25) is 23.6 Å². The van der Waals surface area contributed by atoms with Crippen LogP contribution in [0.15, 0.2) is 42.5 Å². The first kappa shape index (κ1) is 50.1. The first-order chi connectivity index (χ1) is 27.9. The van der Waals surface area contributed by atoms with E-state index in [2.05, 4.69) is 31.9 Å². The molecule has 0 aliphatic carbocycles. The van der Waals surface area contributed by atoms with Crippen molar-refractivity contribution in [1.82, 2.24) is 31.9 Å². The van der Waals surface area contributed by atoms with E-state index in [0.29, 0.717) is 29.5 Å². The molecule has 1 unspecified atom stereocenters. The second-order valence-corrected chi connectivity index (χ2v) is 16.6. The third kappa shape index (κ3) is 19.6. The average molecular weight is 840 g/mol. The second-order valence-electron chi connectivity index (χ2n) is 16.6. The number of carbonyl (C=O) groups excluding carboxylic acids is 6. The minimum absolute atomic E-state index is 0.0111. The molecule has 0 spiro atoms. The van der Waals surface area contributed by atoms with Crippen molar-refractivity contribution in [2.75, 3.05) is 13.1 Å². The summed E-state index contributed by atoms with van der Waals surface area (Å²) in [6.45, 7) is 14.1. The van der Waals surface area contributed by atoms with Crippen molar-refractivity contribution in [3.8, 4) is 5.75 Å². The van der Waals surface area contributed by atoms with E-state index in [1.54, 1.807) is 79.7 Å². The number of phenols is 1. The van der Waals surface area contributed by atoms with Crippen molar-refractivity contribution in [3.05, 3.63) is 64.7 Å². The average Bonchev–Trinajstić information content (AvgIpc) is 3.11. The number of unbranched alkanes of at least 4 members (excludes halogenated alkanes) is 1. The number of alkyl carbamates (subject to hydrolysis) is 2. The molecular weight excluding hydrogens is 775 g/mol. The van der Waals surface area contributed by atoms with Crippen LogP contribution in [0.2, 0.25) is 0 Å². The molecule has 0 saturated heterocycles. The highest BCUT2D eigenvalue weighted by molar-refractivity contribution is 5.95. The fourth-order valence-electron chi connectivity index (χ4n) is 6.09. The maximum absolute atomic E-state index is 14.4. The van der Waals surface area contributed by atoms with E-state index in [1.807, 2.05) is 6.07 Å². The number of nitrogens with one attached hydrogen (secondary N) is 7. The minimum atomic E-state index is -1.32. The van der Waals surface area contributed by atoms with Gasteiger partial charge in [-0.3, -0.25) is 24.6 Å². The number of guanidine groups is 1. The number of aryl methyl sites for hydroxylation is 2. The lowest BCUT2D eigenvalue weighted by atomic mass is 9.95. The summed E-state index contributed by atoms with van der Waals surface area (Å²) in [5, 5.41) is 33.8. The monoisotopic (exact) mass is 839 g/mol. The van der Waals surface area contributed by atoms with E-state index in [-0.39, 0.29) is 56.9 Å². The zero-order valence-corrected chi connectivity index (χ0v) is 36.1. The lowest BCUT2D eigenvalue weighted by Gasteiger charge is -2.28. The Morgan fingerprint density at radius 3 is 1.68 bits per heavy atom. The molecule has 2 rings (SSSR count). The number of hydrogen-bond donors (Lipinski definition) is 10. The Kier molecular flexibility index (Phi) is 19.6. The number of ether oxygens (including phenoxy) is 2. The zero-order chi connectivity index (χ0) is 45.2. The molecule has 2 aromatic rings. The van der Waals surface area contributed by atoms with Crippen LogP contribution >= 0.6 is 0 Å². The van der Waals surface area contributed by atoms with E-state index in [4.69, 9.17) is 26.4 Å². The van der Waals surface area contributed by atoms with Gasteiger partial charge in [-0.25, -0.2) is 9.59 Å². The molecule has 18 heteroatoms. The number of phenolic OH excluding ortho intramolecular Hbond substituents is 1. The third-order valence-corrected chi connectivity index (χ3v) is 8.88. The van der Waals surface area contributed by atoms with Crippen molar-refractivity contribution >= 4 is 41.8 Å². The molecule has 18 nitrogen and oxygen atoms in total. The van der Waals surface area contributed by atoms with Gasteiger partial charge in [0.1, 0.15) is 41.1 Å². The lowest BCUT2D eigenvalue weighted by molar-refractivity contribution is -0.133. The summed E-state index contributed by atoms with van der Waals surface area (Å²) in [5.74, 6) is -3.24. The van der Waals surface area contributed by atoms with Crippen LogP contribution in [-0.4, -0.2) is 95.3 Å². The number of aromatic hydroxyl groups is 1. The molecule has 0 heterocycles. The quantitative estimate of drug-likeness (QED) is 0.0495. The number of nitrogens with two attached hydrogens (primary N) is 2. The number of benzene rings is 2. The van der Waals surface area contributed by atoms with Crippen molar-refractivity contribution in [2.24, 2.45) is 11.5 Å². The zero-order valence-electron chi connectivity index (χ0n) is 36.1. The number of carbonyl (C=O) groups is 6. The molecule has 0 fully saturated rings. The van der Waals surface area contributed by atoms with Gasteiger partial charge in [0.15, 0.2) is 5.96 Å². The van der Waals surface area contributed by atoms with Gasteiger partial charge in [0.25, 0.3) is 0 Å². The fraction of sp³-hybridized carbons (Fsp3) is 0.548. The summed E-state index contributed by atoms with van der Waals surface area (Å²) in [6, 6.07) is 7.11. The van der Waals surface area contributed by atoms with Gasteiger partial charge >= 0.3 is 12.2 Å². The summed E-state index contributed by atoms with van der Waals surface area (Å²) >= 11 is 0. The van der Waals surface area contributed by atoms with Crippen LogP contribution in [0.1, 0.15) is 95.9 Å². The van der Waals surface area contributed by atoms with Crippen LogP contribution in [-0.2, 0) is 41.5 Å². The summed E-state index contributed by atoms with van der Waals surface area (Å²) in [4.78, 5) is 80.0. The summed E-state index contributed by atoms with van der Waals surface area (Å²) in [5.41, 5.74) is 12.2. The number of amides is 6. The van der Waals surface area contributed by atoms with Crippen LogP contribution < -0.4 is 43.4 Å². The van der Waals surface area contributed by atoms with Crippen LogP contribution in [0, 0.1) is 19.3 Å². The van der Waals surface area contributed by atoms with E-state index >= 15 is 0 Å². The van der Waals surface area contributed by atoms with E-state index in [0.717, 1.165) is 5.56 Å². The standard InChI is InChI=1S/C42H65N9O9/c1-25-21-28(52)22-26(2)29(25)24-33(50-36(55)31(18-14-20-46-38(44)45)51-40(58)60-42(6,7)8)37(56)48-30(17-12-13-19-47-39(57)59-41(3,4)5)35(54)49-32(34(43)53)23-27-15-10-9-11-16-27/h9-11,15-16,21-22,30-33,52H,12-14,17-20,23-24H2,1-8H3,(H2,43,53)(H,47,57)(H,48,56)(H,49,54)(H,50,55)(H,51,58)(H4,44,45,46)/t30-,31+,32-,33?/m0/s1. The second kappa shape index (κ2) is 23.5. The Balaban J connectivity index is 2.46. The van der Waals surface area contributed by atoms with Gasteiger partial charge in [-0.15, -0.1) is 0 Å². The largest absolute Gasteiger partial charge is 0.508 e. The lowest BCUT2D eigenvalue weighted by Crippen LogP contribution is -2.59. The SMILES string of the molecule is Cc1cc(O)cc(C)c1CC(NC(=O)[C@@H](CCCNC(=N)N)NC(=O)OC(C)(C)C)C(=O)N[C@@H](CCCCNC(=O)OC(C)(C)C)C(=O)N[C@@H](Cc1ccccc1)C(N)=O. The predicted octanol–water partition coefficient (Wildman–Crippen LogP) is 2.59. The molecule has 0 aliphatic heterocycles. The molecular formula is C42H65N9O9. The van der Waals surface area contributed by atoms with Crippen molar-refractivity contribution in [3.63, 3.8) is 0 Å². The van der Waals surface area contributed by atoms with Crippen molar-refractivity contribution in [2.45, 2.75) is 136 Å². The maximum Gasteiger partial charge on any atom is 0.408 e.